The Morgan fingerprint density at radius 2 is 2.14 bits per heavy atom. The second-order valence-electron chi connectivity index (χ2n) is 6.58. The number of benzene rings is 2. The number of nitrogens with one attached hydrogen (secondary N) is 1. The maximum absolute atomic E-state index is 13.9. The molecule has 146 valence electrons. The van der Waals surface area contributed by atoms with E-state index in [9.17, 15) is 12.3 Å². The summed E-state index contributed by atoms with van der Waals surface area (Å²) in [6.45, 7) is -9.94. The van der Waals surface area contributed by atoms with Gasteiger partial charge in [-0.3, -0.25) is 9.59 Å². The van der Waals surface area contributed by atoms with E-state index in [4.69, 9.17) is 23.2 Å². The van der Waals surface area contributed by atoms with Gasteiger partial charge in [0.1, 0.15) is 8.76 Å². The molecule has 6 rings (SSSR count). The van der Waals surface area contributed by atoms with Crippen LogP contribution in [0.5, 0.6) is 11.5 Å². The first kappa shape index (κ1) is 8.49. The van der Waals surface area contributed by atoms with Gasteiger partial charge in [-0.25, -0.2) is 0 Å². The third-order valence-corrected chi connectivity index (χ3v) is 5.02. The molecule has 7 nitrogen and oxygen atoms in total. The monoisotopic (exact) mass is 401 g/mol. The molecule has 4 heterocycles. The lowest BCUT2D eigenvalue weighted by Gasteiger charge is -2.46. The van der Waals surface area contributed by atoms with Crippen LogP contribution < -0.4 is 9.47 Å². The molecule has 2 amide bonds. The first-order valence-corrected chi connectivity index (χ1v) is 8.60. The summed E-state index contributed by atoms with van der Waals surface area (Å²) in [4.78, 5) is 30.5. The number of amides is 2. The zero-order valence-corrected chi connectivity index (χ0v) is 14.5. The van der Waals surface area contributed by atoms with E-state index < -0.39 is 85.7 Å². The van der Waals surface area contributed by atoms with Crippen LogP contribution in [0, 0.1) is 0 Å². The molecule has 2 atom stereocenters. The molecule has 0 radical (unpaired) electrons. The van der Waals surface area contributed by atoms with Gasteiger partial charge < -0.3 is 24.3 Å². The molecule has 3 aromatic rings. The van der Waals surface area contributed by atoms with Gasteiger partial charge in [0.2, 0.25) is 18.6 Å². The zero-order chi connectivity index (χ0) is 30.2. The van der Waals surface area contributed by atoms with Crippen LogP contribution in [0.1, 0.15) is 39.3 Å². The summed E-state index contributed by atoms with van der Waals surface area (Å²) in [5.74, 6) is -4.73. The van der Waals surface area contributed by atoms with Crippen molar-refractivity contribution in [2.45, 2.75) is 18.5 Å². The second-order valence-corrected chi connectivity index (χ2v) is 6.58. The van der Waals surface area contributed by atoms with E-state index in [2.05, 4.69) is 4.98 Å². The number of hydrogen-bond donors (Lipinski definition) is 1. The van der Waals surface area contributed by atoms with Crippen LogP contribution in [0.2, 0.25) is 0 Å². The number of rotatable bonds is 1. The molecule has 1 saturated heterocycles. The number of hydrogen-bond acceptors (Lipinski definition) is 4. The topological polar surface area (TPSA) is 74.9 Å². The molecule has 2 aromatic carbocycles. The van der Waals surface area contributed by atoms with Gasteiger partial charge in [0.05, 0.1) is 22.1 Å². The predicted octanol–water partition coefficient (Wildman–Crippen LogP) is 2.21. The van der Waals surface area contributed by atoms with Crippen LogP contribution in [-0.4, -0.2) is 52.8 Å². The molecular weight excluding hydrogens is 370 g/mol. The normalized spacial score (nSPS) is 37.8. The Hall–Kier alpha value is -3.48. The average Bonchev–Trinajstić information content (AvgIpc) is 3.38. The highest BCUT2D eigenvalue weighted by molar-refractivity contribution is 5.97. The maximum Gasteiger partial charge on any atom is 0.245 e. The van der Waals surface area contributed by atoms with Crippen LogP contribution in [0.25, 0.3) is 10.9 Å². The maximum atomic E-state index is 13.9. The molecule has 1 aromatic heterocycles. The Morgan fingerprint density at radius 1 is 1.28 bits per heavy atom. The van der Waals surface area contributed by atoms with Crippen molar-refractivity contribution in [1.82, 2.24) is 14.8 Å². The molecule has 0 aliphatic carbocycles. The summed E-state index contributed by atoms with van der Waals surface area (Å²) >= 11 is 0. The lowest BCUT2D eigenvalue weighted by atomic mass is 9.86. The van der Waals surface area contributed by atoms with Crippen LogP contribution in [0.15, 0.2) is 42.4 Å². The minimum absolute atomic E-state index is 0.0919. The molecule has 3 aliphatic rings. The first-order chi connectivity index (χ1) is 18.8. The summed E-state index contributed by atoms with van der Waals surface area (Å²) in [6, 6.07) is -2.18. The Balaban J connectivity index is 1.75. The Labute approximate surface area is 183 Å². The molecule has 0 spiro atoms. The highest BCUT2D eigenvalue weighted by Gasteiger charge is 2.47. The van der Waals surface area contributed by atoms with Crippen molar-refractivity contribution in [3.63, 3.8) is 0 Å². The molecule has 0 bridgehead atoms. The second kappa shape index (κ2) is 5.76. The van der Waals surface area contributed by atoms with E-state index in [1.54, 1.807) is 24.3 Å². The van der Waals surface area contributed by atoms with E-state index in [1.807, 2.05) is 0 Å². The van der Waals surface area contributed by atoms with E-state index in [0.717, 1.165) is 0 Å². The minimum Gasteiger partial charge on any atom is -0.454 e. The van der Waals surface area contributed by atoms with Crippen molar-refractivity contribution < 1.29 is 35.5 Å². The van der Waals surface area contributed by atoms with Gasteiger partial charge in [-0.1, -0.05) is 24.2 Å². The van der Waals surface area contributed by atoms with Crippen molar-refractivity contribution in [2.24, 2.45) is 0 Å². The molecule has 3 aliphatic heterocycles. The van der Waals surface area contributed by atoms with Crippen LogP contribution in [0.4, 0.5) is 0 Å². The lowest BCUT2D eigenvalue weighted by molar-refractivity contribution is -0.157. The van der Waals surface area contributed by atoms with Crippen LogP contribution >= 0.6 is 0 Å². The number of nitrogens with zero attached hydrogens (tertiary/aromatic N) is 2. The van der Waals surface area contributed by atoms with Crippen molar-refractivity contribution in [1.29, 1.82) is 0 Å². The van der Waals surface area contributed by atoms with Gasteiger partial charge in [-0.2, -0.15) is 0 Å². The van der Waals surface area contributed by atoms with Gasteiger partial charge in [-0.15, -0.1) is 0 Å². The Bertz CT molecular complexity index is 1710. The summed E-state index contributed by atoms with van der Waals surface area (Å²) in [6.07, 6.45) is -0.679. The summed E-state index contributed by atoms with van der Waals surface area (Å²) in [5.41, 5.74) is -0.598. The molecule has 0 saturated carbocycles. The predicted molar refractivity (Wildman–Crippen MR) is 105 cm³/mol. The van der Waals surface area contributed by atoms with Gasteiger partial charge in [-0.05, 0) is 29.3 Å². The number of para-hydroxylation sites is 1. The van der Waals surface area contributed by atoms with Gasteiger partial charge >= 0.3 is 0 Å². The number of fused-ring (bicyclic) bond motifs is 5. The molecule has 29 heavy (non-hydrogen) atoms. The van der Waals surface area contributed by atoms with E-state index in [1.165, 1.54) is 0 Å². The van der Waals surface area contributed by atoms with Crippen molar-refractivity contribution in [2.75, 3.05) is 20.2 Å². The fourth-order valence-electron chi connectivity index (χ4n) is 3.78. The summed E-state index contributed by atoms with van der Waals surface area (Å²) in [5, 5.41) is 0.376. The Kier molecular flexibility index (Phi) is 1.69. The van der Waals surface area contributed by atoms with E-state index >= 15 is 0 Å². The fraction of sp³-hybridized carbons (Fsp3) is 0.273. The van der Waals surface area contributed by atoms with Gasteiger partial charge in [0, 0.05) is 34.1 Å². The molecule has 1 fully saturated rings. The lowest BCUT2D eigenvalue weighted by Crippen LogP contribution is -2.62. The number of ether oxygens (including phenoxy) is 2. The minimum atomic E-state index is -3.59. The highest BCUT2D eigenvalue weighted by atomic mass is 16.7. The average molecular weight is 401 g/mol. The van der Waals surface area contributed by atoms with E-state index in [0.29, 0.717) is 10.9 Å². The number of carbonyl (C=O) groups excluding carboxylic acids is 2. The number of aromatic amines is 1. The Morgan fingerprint density at radius 3 is 3.03 bits per heavy atom. The number of piperazine rings is 1. The summed E-state index contributed by atoms with van der Waals surface area (Å²) in [7, 11) is 0. The molecule has 7 heteroatoms. The molecule has 1 N–H and O–H groups in total. The zero-order valence-electron chi connectivity index (χ0n) is 26.5. The third-order valence-electron chi connectivity index (χ3n) is 5.02. The largest absolute Gasteiger partial charge is 0.454 e. The smallest absolute Gasteiger partial charge is 0.245 e. The van der Waals surface area contributed by atoms with E-state index in [-0.39, 0.29) is 21.1 Å². The van der Waals surface area contributed by atoms with Crippen molar-refractivity contribution in [3.05, 3.63) is 59.2 Å². The number of aromatic nitrogens is 1. The third kappa shape index (κ3) is 2.24. The van der Waals surface area contributed by atoms with Gasteiger partial charge in [0.15, 0.2) is 11.5 Å². The van der Waals surface area contributed by atoms with Crippen molar-refractivity contribution >= 4 is 22.7 Å². The van der Waals surface area contributed by atoms with Crippen molar-refractivity contribution in [3.8, 4) is 11.5 Å². The number of carbonyl (C=O) groups is 2. The van der Waals surface area contributed by atoms with Crippen LogP contribution in [-0.2, 0) is 16.0 Å². The quantitative estimate of drug-likeness (QED) is 0.678. The number of H-pyrrole nitrogens is 1. The van der Waals surface area contributed by atoms with Gasteiger partial charge in [0.25, 0.3) is 0 Å². The SMILES string of the molecule is [2H]c1c([2H])c([C@]2([2H])c3[nH]c4ccccc4c3C[C@]3([2H])C(=O)N(C([2H])([2H])[2H])C([2H])([2H])C(=O)N23)c([2H])c2c1OC([2H])([2H])O2. The number of likely N-dealkylation sites (N-methyl/N-ethyl adjacent to an activating group) is 1. The standard InChI is InChI=1S/C22H19N3O4/c1-24-10-19(26)25-16(22(24)27)9-14-13-4-2-3-5-15(13)23-20(14)21(25)12-6-7-17-18(8-12)29-11-28-17/h2-8,16,21,23H,9-11H2,1H3/t16-,21-/m1/s1/i1D3,6D,7D,8D,10D2,11D2,16D,21D. The van der Waals surface area contributed by atoms with Crippen LogP contribution in [0.3, 0.4) is 0 Å². The first-order valence-electron chi connectivity index (χ1n) is 14.6. The molecule has 0 unspecified atom stereocenters. The highest BCUT2D eigenvalue weighted by Crippen LogP contribution is 2.44. The summed E-state index contributed by atoms with van der Waals surface area (Å²) < 4.78 is 110. The molecular formula is C22H19N3O4. The fourth-order valence-corrected chi connectivity index (χ4v) is 3.78.